The lowest BCUT2D eigenvalue weighted by Gasteiger charge is -1.95. The lowest BCUT2D eigenvalue weighted by molar-refractivity contribution is 0.832. The van der Waals surface area contributed by atoms with E-state index in [1.807, 2.05) is 13.0 Å². The van der Waals surface area contributed by atoms with E-state index < -0.39 is 0 Å². The number of fused-ring (bicyclic) bond motifs is 1. The average molecular weight is 192 g/mol. The fourth-order valence-electron chi connectivity index (χ4n) is 1.37. The maximum Gasteiger partial charge on any atom is 0.277 e. The minimum atomic E-state index is -0.114. The van der Waals surface area contributed by atoms with Crippen molar-refractivity contribution in [2.75, 3.05) is 0 Å². The van der Waals surface area contributed by atoms with Crippen molar-refractivity contribution in [1.82, 2.24) is 14.6 Å². The summed E-state index contributed by atoms with van der Waals surface area (Å²) in [5, 5.41) is 2.97. The summed E-state index contributed by atoms with van der Waals surface area (Å²) in [5.74, 6) is 0. The largest absolute Gasteiger partial charge is 0.326 e. The first kappa shape index (κ1) is 8.96. The predicted octanol–water partition coefficient (Wildman–Crippen LogP) is 0.0437. The third-order valence-electron chi connectivity index (χ3n) is 2.22. The van der Waals surface area contributed by atoms with Crippen LogP contribution < -0.4 is 11.3 Å². The Labute approximate surface area is 80.6 Å². The molecule has 2 heterocycles. The van der Waals surface area contributed by atoms with Crippen LogP contribution in [0.1, 0.15) is 18.2 Å². The van der Waals surface area contributed by atoms with Crippen LogP contribution in [-0.2, 0) is 13.0 Å². The Hall–Kier alpha value is -1.62. The Morgan fingerprint density at radius 1 is 1.64 bits per heavy atom. The van der Waals surface area contributed by atoms with Crippen LogP contribution in [0.3, 0.4) is 0 Å². The zero-order valence-corrected chi connectivity index (χ0v) is 7.95. The van der Waals surface area contributed by atoms with E-state index in [4.69, 9.17) is 5.73 Å². The Balaban J connectivity index is 2.75. The third kappa shape index (κ3) is 1.22. The number of aromatic nitrogens is 3. The molecule has 0 aliphatic rings. The number of hydrogen-bond donors (Lipinski definition) is 2. The molecule has 0 bridgehead atoms. The first-order valence-electron chi connectivity index (χ1n) is 4.55. The van der Waals surface area contributed by atoms with Gasteiger partial charge in [-0.1, -0.05) is 6.92 Å². The molecular weight excluding hydrogens is 180 g/mol. The Morgan fingerprint density at radius 3 is 3.07 bits per heavy atom. The number of hydrogen-bond acceptors (Lipinski definition) is 3. The number of nitrogens with zero attached hydrogens (tertiary/aromatic N) is 2. The van der Waals surface area contributed by atoms with E-state index >= 15 is 0 Å². The van der Waals surface area contributed by atoms with E-state index in [9.17, 15) is 4.79 Å². The number of rotatable bonds is 2. The quantitative estimate of drug-likeness (QED) is 0.705. The number of nitrogens with two attached hydrogens (primary N) is 1. The molecule has 0 atom stereocenters. The average Bonchev–Trinajstić information content (AvgIpc) is 2.62. The predicted molar refractivity (Wildman–Crippen MR) is 53.1 cm³/mol. The second-order valence-electron chi connectivity index (χ2n) is 3.12. The van der Waals surface area contributed by atoms with Crippen molar-refractivity contribution in [1.29, 1.82) is 0 Å². The van der Waals surface area contributed by atoms with Crippen LogP contribution in [0.25, 0.3) is 5.65 Å². The van der Waals surface area contributed by atoms with Crippen LogP contribution in [-0.4, -0.2) is 14.6 Å². The fourth-order valence-corrected chi connectivity index (χ4v) is 1.37. The standard InChI is InChI=1S/C9H12N4O/c1-2-7-3-8-11-5-6(4-10)9(14)13(8)12-7/h3,5,12H,2,4,10H2,1H3. The minimum absolute atomic E-state index is 0.114. The highest BCUT2D eigenvalue weighted by atomic mass is 16.1. The Kier molecular flexibility index (Phi) is 2.09. The summed E-state index contributed by atoms with van der Waals surface area (Å²) in [6.45, 7) is 2.23. The lowest BCUT2D eigenvalue weighted by atomic mass is 10.3. The van der Waals surface area contributed by atoms with E-state index in [-0.39, 0.29) is 12.1 Å². The van der Waals surface area contributed by atoms with Gasteiger partial charge in [0, 0.05) is 24.5 Å². The van der Waals surface area contributed by atoms with Crippen LogP contribution in [0.15, 0.2) is 17.1 Å². The molecule has 0 amide bonds. The van der Waals surface area contributed by atoms with Crippen molar-refractivity contribution in [3.63, 3.8) is 0 Å². The molecule has 74 valence electrons. The molecule has 0 fully saturated rings. The fraction of sp³-hybridized carbons (Fsp3) is 0.333. The maximum atomic E-state index is 11.7. The van der Waals surface area contributed by atoms with Gasteiger partial charge < -0.3 is 5.73 Å². The molecule has 0 aliphatic carbocycles. The van der Waals surface area contributed by atoms with Crippen LogP contribution in [0.2, 0.25) is 0 Å². The van der Waals surface area contributed by atoms with Crippen molar-refractivity contribution < 1.29 is 0 Å². The summed E-state index contributed by atoms with van der Waals surface area (Å²) in [6.07, 6.45) is 2.38. The molecule has 2 aromatic rings. The van der Waals surface area contributed by atoms with Gasteiger partial charge in [0.1, 0.15) is 0 Å². The van der Waals surface area contributed by atoms with E-state index in [0.29, 0.717) is 11.2 Å². The molecule has 14 heavy (non-hydrogen) atoms. The normalized spacial score (nSPS) is 11.0. The molecular formula is C9H12N4O. The van der Waals surface area contributed by atoms with E-state index in [2.05, 4.69) is 10.1 Å². The Bertz CT molecular complexity index is 511. The topological polar surface area (TPSA) is 76.2 Å². The van der Waals surface area contributed by atoms with E-state index in [0.717, 1.165) is 12.1 Å². The summed E-state index contributed by atoms with van der Waals surface area (Å²) in [7, 11) is 0. The van der Waals surface area contributed by atoms with Gasteiger partial charge in [-0.05, 0) is 6.42 Å². The first-order valence-corrected chi connectivity index (χ1v) is 4.55. The van der Waals surface area contributed by atoms with Crippen molar-refractivity contribution in [3.05, 3.63) is 33.9 Å². The molecule has 0 unspecified atom stereocenters. The molecule has 0 saturated carbocycles. The molecule has 2 aromatic heterocycles. The molecule has 0 spiro atoms. The van der Waals surface area contributed by atoms with Crippen molar-refractivity contribution in [3.8, 4) is 0 Å². The monoisotopic (exact) mass is 192 g/mol. The van der Waals surface area contributed by atoms with Crippen molar-refractivity contribution >= 4 is 5.65 Å². The third-order valence-corrected chi connectivity index (χ3v) is 2.22. The summed E-state index contributed by atoms with van der Waals surface area (Å²) in [5.41, 5.74) is 7.45. The summed E-state index contributed by atoms with van der Waals surface area (Å²) >= 11 is 0. The molecule has 5 nitrogen and oxygen atoms in total. The molecule has 0 aromatic carbocycles. The highest BCUT2D eigenvalue weighted by molar-refractivity contribution is 5.39. The van der Waals surface area contributed by atoms with Crippen LogP contribution >= 0.6 is 0 Å². The lowest BCUT2D eigenvalue weighted by Crippen LogP contribution is -2.21. The van der Waals surface area contributed by atoms with Crippen LogP contribution in [0.4, 0.5) is 0 Å². The van der Waals surface area contributed by atoms with Gasteiger partial charge in [-0.15, -0.1) is 0 Å². The second kappa shape index (κ2) is 3.26. The van der Waals surface area contributed by atoms with Crippen molar-refractivity contribution in [2.45, 2.75) is 19.9 Å². The van der Waals surface area contributed by atoms with Gasteiger partial charge in [0.2, 0.25) is 0 Å². The maximum absolute atomic E-state index is 11.7. The van der Waals surface area contributed by atoms with E-state index in [1.54, 1.807) is 0 Å². The van der Waals surface area contributed by atoms with Gasteiger partial charge >= 0.3 is 0 Å². The minimum Gasteiger partial charge on any atom is -0.326 e. The summed E-state index contributed by atoms with van der Waals surface area (Å²) in [4.78, 5) is 15.8. The number of H-pyrrole nitrogens is 1. The van der Waals surface area contributed by atoms with Gasteiger partial charge in [0.15, 0.2) is 5.65 Å². The molecule has 0 radical (unpaired) electrons. The zero-order valence-electron chi connectivity index (χ0n) is 7.95. The first-order chi connectivity index (χ1) is 6.76. The molecule has 2 rings (SSSR count). The zero-order chi connectivity index (χ0) is 10.1. The van der Waals surface area contributed by atoms with Crippen LogP contribution in [0.5, 0.6) is 0 Å². The SMILES string of the molecule is CCc1cc2ncc(CN)c(=O)n2[nH]1. The number of nitrogens with one attached hydrogen (secondary N) is 1. The van der Waals surface area contributed by atoms with Gasteiger partial charge in [-0.3, -0.25) is 9.89 Å². The summed E-state index contributed by atoms with van der Waals surface area (Å²) < 4.78 is 1.43. The smallest absolute Gasteiger partial charge is 0.277 e. The van der Waals surface area contributed by atoms with Crippen molar-refractivity contribution in [2.24, 2.45) is 5.73 Å². The highest BCUT2D eigenvalue weighted by Gasteiger charge is 2.05. The molecule has 0 aliphatic heterocycles. The highest BCUT2D eigenvalue weighted by Crippen LogP contribution is 2.01. The van der Waals surface area contributed by atoms with Gasteiger partial charge in [0.25, 0.3) is 5.56 Å². The van der Waals surface area contributed by atoms with Crippen LogP contribution in [0, 0.1) is 0 Å². The van der Waals surface area contributed by atoms with E-state index in [1.165, 1.54) is 10.7 Å². The van der Waals surface area contributed by atoms with Gasteiger partial charge in [-0.2, -0.15) is 0 Å². The molecule has 0 saturated heterocycles. The number of aromatic amines is 1. The molecule has 5 heteroatoms. The molecule has 3 N–H and O–H groups in total. The second-order valence-corrected chi connectivity index (χ2v) is 3.12. The number of aryl methyl sites for hydroxylation is 1. The summed E-state index contributed by atoms with van der Waals surface area (Å²) in [6, 6.07) is 1.86. The Morgan fingerprint density at radius 2 is 2.43 bits per heavy atom. The van der Waals surface area contributed by atoms with Gasteiger partial charge in [0.05, 0.1) is 5.56 Å². The van der Waals surface area contributed by atoms with Gasteiger partial charge in [-0.25, -0.2) is 9.50 Å².